The third kappa shape index (κ3) is 55.8. The van der Waals surface area contributed by atoms with Gasteiger partial charge in [-0.25, -0.2) is 0 Å². The summed E-state index contributed by atoms with van der Waals surface area (Å²) < 4.78 is 16.8. The number of carbonyl (C=O) groups is 3. The smallest absolute Gasteiger partial charge is 0.306 e. The van der Waals surface area contributed by atoms with E-state index in [0.717, 1.165) is 89.9 Å². The van der Waals surface area contributed by atoms with E-state index >= 15 is 0 Å². The lowest BCUT2D eigenvalue weighted by molar-refractivity contribution is -0.167. The second-order valence-electron chi connectivity index (χ2n) is 19.9. The predicted octanol–water partition coefficient (Wildman–Crippen LogP) is 20.2. The van der Waals surface area contributed by atoms with Crippen molar-refractivity contribution in [3.8, 4) is 0 Å². The average molecular weight is 978 g/mol. The van der Waals surface area contributed by atoms with Crippen molar-refractivity contribution in [3.05, 3.63) is 72.9 Å². The van der Waals surface area contributed by atoms with Gasteiger partial charge in [0, 0.05) is 19.3 Å². The van der Waals surface area contributed by atoms with Gasteiger partial charge in [0.05, 0.1) is 0 Å². The highest BCUT2D eigenvalue weighted by Gasteiger charge is 2.19. The fourth-order valence-electron chi connectivity index (χ4n) is 8.46. The monoisotopic (exact) mass is 977 g/mol. The number of hydrogen-bond acceptors (Lipinski definition) is 6. The van der Waals surface area contributed by atoms with E-state index in [1.807, 2.05) is 0 Å². The second-order valence-corrected chi connectivity index (χ2v) is 19.9. The van der Waals surface area contributed by atoms with Crippen molar-refractivity contribution in [1.29, 1.82) is 0 Å². The van der Waals surface area contributed by atoms with Crippen molar-refractivity contribution in [1.82, 2.24) is 0 Å². The lowest BCUT2D eigenvalue weighted by Gasteiger charge is -2.18. The van der Waals surface area contributed by atoms with Gasteiger partial charge in [0.2, 0.25) is 0 Å². The Balaban J connectivity index is 4.30. The maximum absolute atomic E-state index is 12.8. The van der Waals surface area contributed by atoms with E-state index in [4.69, 9.17) is 14.2 Å². The molecule has 0 aliphatic carbocycles. The third-order valence-electron chi connectivity index (χ3n) is 12.9. The molecule has 0 aliphatic heterocycles. The zero-order valence-electron chi connectivity index (χ0n) is 46.3. The molecule has 0 radical (unpaired) electrons. The van der Waals surface area contributed by atoms with Crippen LogP contribution in [0.15, 0.2) is 72.9 Å². The van der Waals surface area contributed by atoms with Crippen molar-refractivity contribution >= 4 is 17.9 Å². The van der Waals surface area contributed by atoms with Gasteiger partial charge in [-0.3, -0.25) is 14.4 Å². The van der Waals surface area contributed by atoms with Gasteiger partial charge in [-0.1, -0.05) is 273 Å². The standard InChI is InChI=1S/C64H112O6/c1-4-7-10-13-16-19-22-24-26-28-29-30-31-32-33-34-36-37-39-42-45-48-51-54-57-63(66)69-60-61(59-68-62(65)56-53-50-47-44-41-21-18-15-12-9-6-3)70-64(67)58-55-52-49-46-43-40-38-35-27-25-23-20-17-14-11-8-5-2/h8,11,15,17-18,20,25,27,38,40,46,49,61H,4-7,9-10,12-14,16,19,21-24,26,28-37,39,41-45,47-48,50-60H2,1-3H3/b11-8-,18-15-,20-17-,27-25-,40-38-,49-46-. The van der Waals surface area contributed by atoms with Crippen LogP contribution in [0.25, 0.3) is 0 Å². The van der Waals surface area contributed by atoms with E-state index in [0.29, 0.717) is 19.3 Å². The molecule has 70 heavy (non-hydrogen) atoms. The van der Waals surface area contributed by atoms with Crippen molar-refractivity contribution in [2.75, 3.05) is 13.2 Å². The van der Waals surface area contributed by atoms with E-state index in [9.17, 15) is 14.4 Å². The molecule has 0 aliphatic rings. The molecule has 0 fully saturated rings. The number of carbonyl (C=O) groups excluding carboxylic acids is 3. The summed E-state index contributed by atoms with van der Waals surface area (Å²) in [5.41, 5.74) is 0. The van der Waals surface area contributed by atoms with Crippen molar-refractivity contribution in [2.24, 2.45) is 0 Å². The number of unbranched alkanes of at least 4 members (excludes halogenated alkanes) is 31. The van der Waals surface area contributed by atoms with Crippen molar-refractivity contribution in [2.45, 2.75) is 303 Å². The zero-order valence-corrected chi connectivity index (χ0v) is 46.3. The SMILES string of the molecule is CC/C=C\C/C=C\C/C=C\C/C=C\C/C=C\CCCC(=O)OC(COC(=O)CCCCCCC/C=C\CCCC)COC(=O)CCCCCCCCCCCCCCCCCCCCCCCCCC. The number of ether oxygens (including phenoxy) is 3. The van der Waals surface area contributed by atoms with Crippen LogP contribution in [0.2, 0.25) is 0 Å². The molecule has 6 heteroatoms. The van der Waals surface area contributed by atoms with Crippen LogP contribution in [0.4, 0.5) is 0 Å². The molecule has 0 rings (SSSR count). The third-order valence-corrected chi connectivity index (χ3v) is 12.9. The fourth-order valence-corrected chi connectivity index (χ4v) is 8.46. The summed E-state index contributed by atoms with van der Waals surface area (Å²) in [6.07, 6.45) is 74.9. The Bertz CT molecular complexity index is 1310. The normalized spacial score (nSPS) is 12.6. The molecular weight excluding hydrogens is 865 g/mol. The molecule has 1 unspecified atom stereocenters. The second kappa shape index (κ2) is 58.4. The number of esters is 3. The first-order valence-corrected chi connectivity index (χ1v) is 29.9. The van der Waals surface area contributed by atoms with Gasteiger partial charge in [0.1, 0.15) is 13.2 Å². The Hall–Kier alpha value is -3.15. The molecule has 1 atom stereocenters. The van der Waals surface area contributed by atoms with Gasteiger partial charge in [0.25, 0.3) is 0 Å². The van der Waals surface area contributed by atoms with E-state index in [1.54, 1.807) is 0 Å². The Morgan fingerprint density at radius 3 is 0.971 bits per heavy atom. The number of allylic oxidation sites excluding steroid dienone is 12. The van der Waals surface area contributed by atoms with E-state index in [1.165, 1.54) is 161 Å². The molecule has 0 saturated carbocycles. The first-order valence-electron chi connectivity index (χ1n) is 29.9. The lowest BCUT2D eigenvalue weighted by Crippen LogP contribution is -2.30. The Labute approximate surface area is 433 Å². The summed E-state index contributed by atoms with van der Waals surface area (Å²) in [7, 11) is 0. The average Bonchev–Trinajstić information content (AvgIpc) is 3.36. The largest absolute Gasteiger partial charge is 0.462 e. The van der Waals surface area contributed by atoms with Gasteiger partial charge in [-0.15, -0.1) is 0 Å². The molecule has 0 aromatic rings. The van der Waals surface area contributed by atoms with Crippen LogP contribution in [0.5, 0.6) is 0 Å². The summed E-state index contributed by atoms with van der Waals surface area (Å²) in [5, 5.41) is 0. The molecule has 404 valence electrons. The van der Waals surface area contributed by atoms with Gasteiger partial charge in [0.15, 0.2) is 6.10 Å². The van der Waals surface area contributed by atoms with Gasteiger partial charge in [-0.05, 0) is 77.0 Å². The summed E-state index contributed by atoms with van der Waals surface area (Å²) in [6.45, 7) is 6.46. The van der Waals surface area contributed by atoms with Crippen LogP contribution < -0.4 is 0 Å². The molecule has 0 spiro atoms. The Morgan fingerprint density at radius 1 is 0.300 bits per heavy atom. The van der Waals surface area contributed by atoms with Gasteiger partial charge < -0.3 is 14.2 Å². The minimum Gasteiger partial charge on any atom is -0.462 e. The molecule has 0 N–H and O–H groups in total. The fraction of sp³-hybridized carbons (Fsp3) is 0.766. The molecule has 0 saturated heterocycles. The molecular formula is C64H112O6. The Morgan fingerprint density at radius 2 is 0.586 bits per heavy atom. The van der Waals surface area contributed by atoms with E-state index in [-0.39, 0.29) is 37.5 Å². The Kier molecular flexibility index (Phi) is 55.8. The van der Waals surface area contributed by atoms with Crippen molar-refractivity contribution in [3.63, 3.8) is 0 Å². The van der Waals surface area contributed by atoms with Crippen LogP contribution in [0, 0.1) is 0 Å². The summed E-state index contributed by atoms with van der Waals surface area (Å²) in [5.74, 6) is -0.958. The minimum atomic E-state index is -0.807. The minimum absolute atomic E-state index is 0.0983. The van der Waals surface area contributed by atoms with Gasteiger partial charge >= 0.3 is 17.9 Å². The summed E-state index contributed by atoms with van der Waals surface area (Å²) >= 11 is 0. The molecule has 0 aromatic carbocycles. The van der Waals surface area contributed by atoms with Gasteiger partial charge in [-0.2, -0.15) is 0 Å². The van der Waals surface area contributed by atoms with E-state index in [2.05, 4.69) is 93.7 Å². The molecule has 0 amide bonds. The quantitative estimate of drug-likeness (QED) is 0.0261. The maximum Gasteiger partial charge on any atom is 0.306 e. The van der Waals surface area contributed by atoms with Crippen LogP contribution >= 0.6 is 0 Å². The summed E-state index contributed by atoms with van der Waals surface area (Å²) in [4.78, 5) is 38.1. The zero-order chi connectivity index (χ0) is 50.7. The van der Waals surface area contributed by atoms with Crippen LogP contribution in [-0.2, 0) is 28.6 Å². The summed E-state index contributed by atoms with van der Waals surface area (Å²) in [6, 6.07) is 0. The van der Waals surface area contributed by atoms with Crippen LogP contribution in [-0.4, -0.2) is 37.2 Å². The first kappa shape index (κ1) is 66.9. The number of hydrogen-bond donors (Lipinski definition) is 0. The molecule has 0 heterocycles. The molecule has 0 bridgehead atoms. The van der Waals surface area contributed by atoms with E-state index < -0.39 is 6.10 Å². The topological polar surface area (TPSA) is 78.9 Å². The first-order chi connectivity index (χ1) is 34.5. The number of rotatable bonds is 54. The molecule has 0 aromatic heterocycles. The highest BCUT2D eigenvalue weighted by Crippen LogP contribution is 2.17. The highest BCUT2D eigenvalue weighted by molar-refractivity contribution is 5.71. The van der Waals surface area contributed by atoms with Crippen molar-refractivity contribution < 1.29 is 28.6 Å². The highest BCUT2D eigenvalue weighted by atomic mass is 16.6. The van der Waals surface area contributed by atoms with Crippen LogP contribution in [0.3, 0.4) is 0 Å². The molecule has 6 nitrogen and oxygen atoms in total. The maximum atomic E-state index is 12.8. The lowest BCUT2D eigenvalue weighted by atomic mass is 10.0. The van der Waals surface area contributed by atoms with Crippen LogP contribution in [0.1, 0.15) is 297 Å². The predicted molar refractivity (Wildman–Crippen MR) is 302 cm³/mol.